The van der Waals surface area contributed by atoms with Gasteiger partial charge in [-0.3, -0.25) is 0 Å². The number of nitrogens with zero attached hydrogens (tertiary/aromatic N) is 3. The molecule has 49 heavy (non-hydrogen) atoms. The Morgan fingerprint density at radius 2 is 1.06 bits per heavy atom. The fraction of sp³-hybridized carbons (Fsp3) is 0. The molecule has 1 aliphatic rings. The van der Waals surface area contributed by atoms with Crippen LogP contribution in [0.1, 0.15) is 0 Å². The van der Waals surface area contributed by atoms with E-state index in [0.29, 0.717) is 23.3 Å². The minimum Gasteiger partial charge on any atom is -0.453 e. The third-order valence-corrected chi connectivity index (χ3v) is 10.4. The number of hydrogen-bond donors (Lipinski definition) is 0. The zero-order chi connectivity index (χ0) is 32.1. The van der Waals surface area contributed by atoms with Crippen LogP contribution >= 0.6 is 11.3 Å². The van der Waals surface area contributed by atoms with Crippen molar-refractivity contribution >= 4 is 81.5 Å². The number of benzene rings is 7. The maximum absolute atomic E-state index is 6.70. The quantitative estimate of drug-likeness (QED) is 0.190. The fourth-order valence-electron chi connectivity index (χ4n) is 6.93. The molecule has 7 heteroatoms. The van der Waals surface area contributed by atoms with Gasteiger partial charge in [0.2, 0.25) is 11.8 Å². The van der Waals surface area contributed by atoms with Crippen molar-refractivity contribution in [3.8, 4) is 34.4 Å². The van der Waals surface area contributed by atoms with Gasteiger partial charge in [0.25, 0.3) is 0 Å². The molecule has 0 amide bonds. The van der Waals surface area contributed by atoms with Gasteiger partial charge in [-0.15, -0.1) is 11.3 Å². The average molecular weight is 650 g/mol. The lowest BCUT2D eigenvalue weighted by molar-refractivity contribution is 0.476. The normalized spacial score (nSPS) is 12.6. The van der Waals surface area contributed by atoms with Gasteiger partial charge in [0.1, 0.15) is 11.0 Å². The predicted octanol–water partition coefficient (Wildman–Crippen LogP) is 12.4. The number of fused-ring (bicyclic) bond motifs is 8. The van der Waals surface area contributed by atoms with Crippen molar-refractivity contribution in [3.05, 3.63) is 140 Å². The highest BCUT2D eigenvalue weighted by molar-refractivity contribution is 7.25. The summed E-state index contributed by atoms with van der Waals surface area (Å²) in [5, 5.41) is 5.03. The van der Waals surface area contributed by atoms with E-state index in [-0.39, 0.29) is 0 Å². The maximum Gasteiger partial charge on any atom is 0.227 e. The highest BCUT2D eigenvalue weighted by Gasteiger charge is 2.28. The smallest absolute Gasteiger partial charge is 0.227 e. The third kappa shape index (κ3) is 4.13. The Labute approximate surface area is 283 Å². The summed E-state index contributed by atoms with van der Waals surface area (Å²) in [6, 6.07) is 47.7. The predicted molar refractivity (Wildman–Crippen MR) is 198 cm³/mol. The molecule has 0 unspecified atom stereocenters. The second kappa shape index (κ2) is 10.0. The van der Waals surface area contributed by atoms with E-state index in [2.05, 4.69) is 71.6 Å². The Balaban J connectivity index is 1.08. The number of para-hydroxylation sites is 4. The molecule has 0 atom stereocenters. The zero-order valence-corrected chi connectivity index (χ0v) is 26.6. The van der Waals surface area contributed by atoms with E-state index in [4.69, 9.17) is 23.5 Å². The van der Waals surface area contributed by atoms with E-state index >= 15 is 0 Å². The molecule has 4 heterocycles. The largest absolute Gasteiger partial charge is 0.453 e. The van der Waals surface area contributed by atoms with Crippen LogP contribution < -0.4 is 9.64 Å². The van der Waals surface area contributed by atoms with Crippen molar-refractivity contribution in [2.45, 2.75) is 0 Å². The number of anilines is 3. The van der Waals surface area contributed by atoms with Crippen molar-refractivity contribution < 1.29 is 13.6 Å². The van der Waals surface area contributed by atoms with Gasteiger partial charge in [-0.05, 0) is 95.7 Å². The van der Waals surface area contributed by atoms with E-state index in [1.54, 1.807) is 0 Å². The van der Waals surface area contributed by atoms with Crippen LogP contribution in [0.25, 0.3) is 76.1 Å². The van der Waals surface area contributed by atoms with Gasteiger partial charge < -0.3 is 18.5 Å². The molecule has 0 radical (unpaired) electrons. The topological polar surface area (TPSA) is 64.5 Å². The fourth-order valence-corrected chi connectivity index (χ4v) is 8.10. The molecule has 1 aliphatic heterocycles. The van der Waals surface area contributed by atoms with Crippen molar-refractivity contribution in [3.63, 3.8) is 0 Å². The van der Waals surface area contributed by atoms with Gasteiger partial charge in [0.05, 0.1) is 11.4 Å². The Bertz CT molecular complexity index is 2770. The molecule has 0 N–H and O–H groups in total. The van der Waals surface area contributed by atoms with Gasteiger partial charge in [-0.2, -0.15) is 0 Å². The summed E-state index contributed by atoms with van der Waals surface area (Å²) >= 11 is 1.82. The molecule has 0 saturated carbocycles. The molecule has 11 rings (SSSR count). The van der Waals surface area contributed by atoms with E-state index in [1.807, 2.05) is 84.1 Å². The minimum absolute atomic E-state index is 0.546. The van der Waals surface area contributed by atoms with Crippen LogP contribution in [0.4, 0.5) is 17.1 Å². The van der Waals surface area contributed by atoms with Crippen LogP contribution in [0.3, 0.4) is 0 Å². The van der Waals surface area contributed by atoms with Crippen LogP contribution in [-0.4, -0.2) is 9.97 Å². The van der Waals surface area contributed by atoms with Crippen LogP contribution in [0.5, 0.6) is 11.5 Å². The molecule has 0 saturated heterocycles. The Morgan fingerprint density at radius 3 is 1.69 bits per heavy atom. The van der Waals surface area contributed by atoms with Crippen molar-refractivity contribution in [1.82, 2.24) is 9.97 Å². The molecular formula is C42H23N3O3S. The molecule has 230 valence electrons. The van der Waals surface area contributed by atoms with Gasteiger partial charge in [-0.25, -0.2) is 9.97 Å². The van der Waals surface area contributed by atoms with Crippen molar-refractivity contribution in [2.24, 2.45) is 0 Å². The molecule has 10 aromatic rings. The van der Waals surface area contributed by atoms with Gasteiger partial charge in [-0.1, -0.05) is 54.6 Å². The summed E-state index contributed by atoms with van der Waals surface area (Å²) in [7, 11) is 0. The molecule has 0 bridgehead atoms. The summed E-state index contributed by atoms with van der Waals surface area (Å²) < 4.78 is 21.5. The maximum atomic E-state index is 6.70. The van der Waals surface area contributed by atoms with Crippen molar-refractivity contribution in [2.75, 3.05) is 4.90 Å². The number of ether oxygens (including phenoxy) is 1. The second-order valence-corrected chi connectivity index (χ2v) is 13.3. The van der Waals surface area contributed by atoms with Gasteiger partial charge >= 0.3 is 0 Å². The summed E-state index contributed by atoms with van der Waals surface area (Å²) in [5.41, 5.74) is 7.68. The van der Waals surface area contributed by atoms with Crippen LogP contribution in [0, 0.1) is 0 Å². The SMILES string of the molecule is c1ccc2cc3c(cc2c1)sc1cc(N2c4ccc(-c5nc6ccccc6o5)cc4Oc4cc(-c5nc6ccccc6o5)ccc42)ccc13. The molecule has 3 aromatic heterocycles. The molecule has 7 aromatic carbocycles. The zero-order valence-electron chi connectivity index (χ0n) is 25.8. The first-order chi connectivity index (χ1) is 24.2. The van der Waals surface area contributed by atoms with Crippen molar-refractivity contribution in [1.29, 1.82) is 0 Å². The van der Waals surface area contributed by atoms with E-state index in [9.17, 15) is 0 Å². The first kappa shape index (κ1) is 26.6. The minimum atomic E-state index is 0.546. The van der Waals surface area contributed by atoms with E-state index in [1.165, 1.54) is 30.9 Å². The van der Waals surface area contributed by atoms with E-state index < -0.39 is 0 Å². The third-order valence-electron chi connectivity index (χ3n) is 9.28. The molecule has 0 spiro atoms. The van der Waals surface area contributed by atoms with Crippen LogP contribution in [0.2, 0.25) is 0 Å². The van der Waals surface area contributed by atoms with E-state index in [0.717, 1.165) is 50.4 Å². The summed E-state index contributed by atoms with van der Waals surface area (Å²) in [6.07, 6.45) is 0. The summed E-state index contributed by atoms with van der Waals surface area (Å²) in [4.78, 5) is 11.8. The van der Waals surface area contributed by atoms with Crippen LogP contribution in [-0.2, 0) is 0 Å². The average Bonchev–Trinajstić information content (AvgIpc) is 3.87. The number of rotatable bonds is 3. The first-order valence-electron chi connectivity index (χ1n) is 16.0. The standard InChI is InChI=1S/C42H23N3O3S/c1-2-8-25-22-39-30(19-24(25)7-1)29-16-15-28(23-40(29)49-39)45-33-17-13-26(41-43-31-9-3-5-11-35(31)47-41)20-37(33)46-38-21-27(14-18-34(38)45)42-44-32-10-4-6-12-36(32)48-42/h1-23H. The molecule has 0 fully saturated rings. The number of thiophene rings is 1. The lowest BCUT2D eigenvalue weighted by atomic mass is 10.0. The highest BCUT2D eigenvalue weighted by atomic mass is 32.1. The first-order valence-corrected chi connectivity index (χ1v) is 16.9. The Kier molecular flexibility index (Phi) is 5.45. The molecule has 0 aliphatic carbocycles. The number of aromatic nitrogens is 2. The van der Waals surface area contributed by atoms with Gasteiger partial charge in [0.15, 0.2) is 22.7 Å². The number of hydrogen-bond acceptors (Lipinski definition) is 7. The van der Waals surface area contributed by atoms with Crippen LogP contribution in [0.15, 0.2) is 148 Å². The monoisotopic (exact) mass is 649 g/mol. The highest BCUT2D eigenvalue weighted by Crippen LogP contribution is 2.53. The lowest BCUT2D eigenvalue weighted by Crippen LogP contribution is -2.16. The second-order valence-electron chi connectivity index (χ2n) is 12.3. The summed E-state index contributed by atoms with van der Waals surface area (Å²) in [6.45, 7) is 0. The number of oxazole rings is 2. The Hall–Kier alpha value is -6.44. The summed E-state index contributed by atoms with van der Waals surface area (Å²) in [5.74, 6) is 2.49. The molecular weight excluding hydrogens is 627 g/mol. The lowest BCUT2D eigenvalue weighted by Gasteiger charge is -2.33. The Morgan fingerprint density at radius 1 is 0.490 bits per heavy atom. The van der Waals surface area contributed by atoms with Gasteiger partial charge in [0, 0.05) is 37.0 Å². The molecule has 6 nitrogen and oxygen atoms in total.